The summed E-state index contributed by atoms with van der Waals surface area (Å²) in [7, 11) is 0. The molecule has 0 saturated carbocycles. The van der Waals surface area contributed by atoms with Gasteiger partial charge < -0.3 is 10.8 Å². The highest BCUT2D eigenvalue weighted by molar-refractivity contribution is 5.87. The smallest absolute Gasteiger partial charge is 0.218 e. The van der Waals surface area contributed by atoms with Crippen LogP contribution in [0.4, 0.5) is 0 Å². The molecule has 0 atom stereocenters. The van der Waals surface area contributed by atoms with Gasteiger partial charge >= 0.3 is 0 Å². The molecule has 6 heteroatoms. The molecule has 0 aromatic heterocycles. The van der Waals surface area contributed by atoms with Gasteiger partial charge in [0.05, 0.1) is 12.3 Å². The van der Waals surface area contributed by atoms with Crippen molar-refractivity contribution in [3.8, 4) is 0 Å². The van der Waals surface area contributed by atoms with Crippen molar-refractivity contribution >= 4 is 12.4 Å². The van der Waals surface area contributed by atoms with Crippen LogP contribution in [-0.2, 0) is 4.79 Å². The van der Waals surface area contributed by atoms with Crippen LogP contribution in [0.1, 0.15) is 0 Å². The summed E-state index contributed by atoms with van der Waals surface area (Å²) in [6.07, 6.45) is 13.3. The molecule has 1 aliphatic carbocycles. The van der Waals surface area contributed by atoms with Gasteiger partial charge in [-0.05, 0) is 6.08 Å². The molecular formula is C13H14N4O2. The van der Waals surface area contributed by atoms with Crippen LogP contribution in [0.25, 0.3) is 0 Å². The first-order chi connectivity index (χ1) is 9.26. The second-order valence-electron chi connectivity index (χ2n) is 3.81. The largest absolute Gasteiger partial charge is 0.392 e. The van der Waals surface area contributed by atoms with Gasteiger partial charge in [-0.3, -0.25) is 10.1 Å². The number of allylic oxidation sites excluding steroid dienone is 5. The van der Waals surface area contributed by atoms with Crippen molar-refractivity contribution in [2.75, 3.05) is 6.61 Å². The number of hydrogen-bond acceptors (Lipinski definition) is 4. The summed E-state index contributed by atoms with van der Waals surface area (Å²) in [6.45, 7) is -0.119. The fraction of sp³-hybridized carbons (Fsp3) is 0.0769. The standard InChI is InChI=1S/C13H14N4O2/c14-13(15-9-19)16-17-7-3-6-10-4-1-2-5-11(8-18)12(10)17/h1-7,9,18H,8H2,(H3,14,15,16,19). The lowest BCUT2D eigenvalue weighted by Crippen LogP contribution is -2.33. The molecule has 2 rings (SSSR count). The van der Waals surface area contributed by atoms with Crippen LogP contribution < -0.4 is 11.1 Å². The van der Waals surface area contributed by atoms with Crippen LogP contribution in [0, 0.1) is 0 Å². The molecule has 0 aromatic rings. The Labute approximate surface area is 110 Å². The zero-order valence-electron chi connectivity index (χ0n) is 10.2. The molecular weight excluding hydrogens is 244 g/mol. The molecule has 98 valence electrons. The number of carbonyl (C=O) groups is 1. The Hall–Kier alpha value is -2.60. The minimum atomic E-state index is -0.119. The fourth-order valence-electron chi connectivity index (χ4n) is 1.81. The van der Waals surface area contributed by atoms with E-state index < -0.39 is 0 Å². The maximum Gasteiger partial charge on any atom is 0.218 e. The highest BCUT2D eigenvalue weighted by Gasteiger charge is 2.18. The van der Waals surface area contributed by atoms with Gasteiger partial charge in [-0.1, -0.05) is 30.4 Å². The number of aliphatic hydroxyl groups is 1. The topological polar surface area (TPSA) is 90.9 Å². The molecule has 0 bridgehead atoms. The summed E-state index contributed by atoms with van der Waals surface area (Å²) in [5, 5.41) is 17.3. The van der Waals surface area contributed by atoms with Crippen molar-refractivity contribution in [1.82, 2.24) is 10.3 Å². The van der Waals surface area contributed by atoms with Crippen molar-refractivity contribution in [1.29, 1.82) is 0 Å². The van der Waals surface area contributed by atoms with Crippen molar-refractivity contribution < 1.29 is 9.90 Å². The highest BCUT2D eigenvalue weighted by Crippen LogP contribution is 2.27. The molecule has 2 aliphatic rings. The lowest BCUT2D eigenvalue weighted by molar-refractivity contribution is -0.108. The minimum Gasteiger partial charge on any atom is -0.392 e. The number of hydrazone groups is 1. The first-order valence-corrected chi connectivity index (χ1v) is 5.67. The summed E-state index contributed by atoms with van der Waals surface area (Å²) < 4.78 is 0. The third-order valence-corrected chi connectivity index (χ3v) is 2.59. The molecule has 0 aromatic carbocycles. The number of hydrogen-bond donors (Lipinski definition) is 3. The Kier molecular flexibility index (Phi) is 3.94. The number of rotatable bonds is 3. The van der Waals surface area contributed by atoms with Crippen LogP contribution in [-0.4, -0.2) is 29.1 Å². The fourth-order valence-corrected chi connectivity index (χ4v) is 1.81. The number of nitrogens with one attached hydrogen (secondary N) is 1. The second-order valence-corrected chi connectivity index (χ2v) is 3.81. The van der Waals surface area contributed by atoms with Crippen LogP contribution in [0.15, 0.2) is 64.6 Å². The number of fused-ring (bicyclic) bond motifs is 1. The molecule has 0 fully saturated rings. The molecule has 0 saturated heterocycles. The summed E-state index contributed by atoms with van der Waals surface area (Å²) >= 11 is 0. The molecule has 1 heterocycles. The Morgan fingerprint density at radius 3 is 2.95 bits per heavy atom. The number of guanidine groups is 1. The summed E-state index contributed by atoms with van der Waals surface area (Å²) in [5.74, 6) is -0.0251. The average Bonchev–Trinajstić information content (AvgIpc) is 2.61. The second kappa shape index (κ2) is 5.83. The highest BCUT2D eigenvalue weighted by atomic mass is 16.3. The van der Waals surface area contributed by atoms with Crippen molar-refractivity contribution in [3.63, 3.8) is 0 Å². The molecule has 1 aliphatic heterocycles. The van der Waals surface area contributed by atoms with Crippen molar-refractivity contribution in [3.05, 3.63) is 59.5 Å². The van der Waals surface area contributed by atoms with Gasteiger partial charge in [0, 0.05) is 17.3 Å². The maximum absolute atomic E-state index is 10.3. The van der Waals surface area contributed by atoms with Crippen LogP contribution in [0.2, 0.25) is 0 Å². The Morgan fingerprint density at radius 1 is 1.42 bits per heavy atom. The van der Waals surface area contributed by atoms with Gasteiger partial charge in [0.1, 0.15) is 0 Å². The molecule has 0 unspecified atom stereocenters. The number of nitrogens with two attached hydrogens (primary N) is 1. The van der Waals surface area contributed by atoms with E-state index in [4.69, 9.17) is 5.73 Å². The lowest BCUT2D eigenvalue weighted by atomic mass is 10.1. The van der Waals surface area contributed by atoms with E-state index >= 15 is 0 Å². The Bertz CT molecular complexity index is 553. The molecule has 19 heavy (non-hydrogen) atoms. The summed E-state index contributed by atoms with van der Waals surface area (Å²) in [5.41, 5.74) is 7.90. The third-order valence-electron chi connectivity index (χ3n) is 2.59. The van der Waals surface area contributed by atoms with Gasteiger partial charge in [-0.15, -0.1) is 5.10 Å². The van der Waals surface area contributed by atoms with Crippen LogP contribution in [0.3, 0.4) is 0 Å². The van der Waals surface area contributed by atoms with Gasteiger partial charge in [-0.25, -0.2) is 5.01 Å². The van der Waals surface area contributed by atoms with Crippen molar-refractivity contribution in [2.24, 2.45) is 10.8 Å². The Morgan fingerprint density at radius 2 is 2.21 bits per heavy atom. The first-order valence-electron chi connectivity index (χ1n) is 5.67. The Balaban J connectivity index is 2.43. The number of nitrogens with zero attached hydrogens (tertiary/aromatic N) is 2. The number of carbonyl (C=O) groups excluding carboxylic acids is 1. The normalized spacial score (nSPS) is 18.1. The van der Waals surface area contributed by atoms with Gasteiger partial charge in [0.15, 0.2) is 0 Å². The van der Waals surface area contributed by atoms with Gasteiger partial charge in [-0.2, -0.15) is 0 Å². The lowest BCUT2D eigenvalue weighted by Gasteiger charge is -2.24. The van der Waals surface area contributed by atoms with E-state index in [2.05, 4.69) is 10.4 Å². The van der Waals surface area contributed by atoms with E-state index in [0.29, 0.717) is 12.0 Å². The zero-order chi connectivity index (χ0) is 13.7. The van der Waals surface area contributed by atoms with Gasteiger partial charge in [0.25, 0.3) is 0 Å². The van der Waals surface area contributed by atoms with Crippen LogP contribution in [0.5, 0.6) is 0 Å². The van der Waals surface area contributed by atoms with E-state index in [0.717, 1.165) is 11.3 Å². The SMILES string of the molecule is NC(=NN1C=CC=C2C=CC=CC(CO)=C21)NC=O. The van der Waals surface area contributed by atoms with Gasteiger partial charge in [0.2, 0.25) is 12.4 Å². The minimum absolute atomic E-state index is 0.0251. The molecule has 1 amide bonds. The van der Waals surface area contributed by atoms with E-state index in [1.165, 1.54) is 5.01 Å². The molecule has 0 radical (unpaired) electrons. The first kappa shape index (κ1) is 12.8. The molecule has 0 spiro atoms. The molecule has 4 N–H and O–H groups in total. The summed E-state index contributed by atoms with van der Waals surface area (Å²) in [6, 6.07) is 0. The quantitative estimate of drug-likeness (QED) is 0.380. The van der Waals surface area contributed by atoms with E-state index in [-0.39, 0.29) is 12.6 Å². The summed E-state index contributed by atoms with van der Waals surface area (Å²) in [4.78, 5) is 10.3. The van der Waals surface area contributed by atoms with Crippen LogP contribution >= 0.6 is 0 Å². The number of amides is 1. The monoisotopic (exact) mass is 258 g/mol. The molecule has 6 nitrogen and oxygen atoms in total. The van der Waals surface area contributed by atoms with E-state index in [1.54, 1.807) is 18.4 Å². The average molecular weight is 258 g/mol. The van der Waals surface area contributed by atoms with E-state index in [1.807, 2.05) is 24.3 Å². The predicted molar refractivity (Wildman–Crippen MR) is 72.3 cm³/mol. The maximum atomic E-state index is 10.3. The predicted octanol–water partition coefficient (Wildman–Crippen LogP) is 0.0902. The number of aliphatic hydroxyl groups excluding tert-OH is 1. The third kappa shape index (κ3) is 2.80. The van der Waals surface area contributed by atoms with E-state index in [9.17, 15) is 9.90 Å². The zero-order valence-corrected chi connectivity index (χ0v) is 10.2. The van der Waals surface area contributed by atoms with Crippen molar-refractivity contribution in [2.45, 2.75) is 0 Å².